The molecule has 1 saturated heterocycles. The van der Waals surface area contributed by atoms with Crippen molar-refractivity contribution in [3.8, 4) is 0 Å². The maximum atomic E-state index is 12.3. The smallest absolute Gasteiger partial charge is 0.274 e. The molecule has 1 aromatic carbocycles. The van der Waals surface area contributed by atoms with Crippen molar-refractivity contribution in [1.29, 1.82) is 0 Å². The zero-order valence-corrected chi connectivity index (χ0v) is 14.1. The maximum absolute atomic E-state index is 12.3. The van der Waals surface area contributed by atoms with Gasteiger partial charge in [-0.3, -0.25) is 14.5 Å². The standard InChI is InChI=1S/C19H22N4O2/c24-18-10-9-17(20-21-18)19(25)23-14-12-22(13-15-23)11-5-4-8-16-6-2-1-3-7-16/h1-4,6-10H,5,11-15H2,(H,21,24)/b8-4+. The Hall–Kier alpha value is -2.73. The minimum absolute atomic E-state index is 0.125. The van der Waals surface area contributed by atoms with Gasteiger partial charge in [-0.05, 0) is 18.1 Å². The van der Waals surface area contributed by atoms with Crippen LogP contribution in [0.1, 0.15) is 22.5 Å². The topological polar surface area (TPSA) is 69.3 Å². The second kappa shape index (κ2) is 8.39. The minimum Gasteiger partial charge on any atom is -0.335 e. The summed E-state index contributed by atoms with van der Waals surface area (Å²) in [6, 6.07) is 13.1. The van der Waals surface area contributed by atoms with Gasteiger partial charge in [0.1, 0.15) is 5.69 Å². The van der Waals surface area contributed by atoms with Crippen LogP contribution < -0.4 is 5.56 Å². The van der Waals surface area contributed by atoms with Gasteiger partial charge in [0.05, 0.1) is 0 Å². The SMILES string of the molecule is O=C(c1ccc(=O)[nH]n1)N1CCN(CC/C=C/c2ccccc2)CC1. The summed E-state index contributed by atoms with van der Waals surface area (Å²) < 4.78 is 0. The van der Waals surface area contributed by atoms with Crippen LogP contribution in [-0.4, -0.2) is 58.6 Å². The Morgan fingerprint density at radius 3 is 2.52 bits per heavy atom. The third-order valence-electron chi connectivity index (χ3n) is 4.28. The molecule has 3 rings (SSSR count). The zero-order valence-electron chi connectivity index (χ0n) is 14.1. The first-order valence-corrected chi connectivity index (χ1v) is 8.51. The monoisotopic (exact) mass is 338 g/mol. The van der Waals surface area contributed by atoms with E-state index in [0.29, 0.717) is 18.8 Å². The molecule has 0 radical (unpaired) electrons. The number of nitrogens with one attached hydrogen (secondary N) is 1. The van der Waals surface area contributed by atoms with Gasteiger partial charge in [0.15, 0.2) is 0 Å². The molecule has 25 heavy (non-hydrogen) atoms. The fourth-order valence-corrected chi connectivity index (χ4v) is 2.84. The lowest BCUT2D eigenvalue weighted by Gasteiger charge is -2.34. The number of aromatic amines is 1. The van der Waals surface area contributed by atoms with Gasteiger partial charge in [0.2, 0.25) is 0 Å². The first-order chi connectivity index (χ1) is 12.2. The van der Waals surface area contributed by atoms with Crippen molar-refractivity contribution < 1.29 is 4.79 Å². The third kappa shape index (κ3) is 4.87. The molecule has 6 nitrogen and oxygen atoms in total. The fourth-order valence-electron chi connectivity index (χ4n) is 2.84. The number of rotatable bonds is 5. The molecule has 1 aliphatic heterocycles. The van der Waals surface area contributed by atoms with Gasteiger partial charge < -0.3 is 4.90 Å². The summed E-state index contributed by atoms with van der Waals surface area (Å²) >= 11 is 0. The van der Waals surface area contributed by atoms with Crippen LogP contribution in [0.2, 0.25) is 0 Å². The summed E-state index contributed by atoms with van der Waals surface area (Å²) in [4.78, 5) is 27.5. The number of hydrogen-bond donors (Lipinski definition) is 1. The number of piperazine rings is 1. The van der Waals surface area contributed by atoms with Gasteiger partial charge in [0.25, 0.3) is 11.5 Å². The highest BCUT2D eigenvalue weighted by atomic mass is 16.2. The highest BCUT2D eigenvalue weighted by Crippen LogP contribution is 2.07. The van der Waals surface area contributed by atoms with Crippen LogP contribution in [0.3, 0.4) is 0 Å². The van der Waals surface area contributed by atoms with E-state index in [-0.39, 0.29) is 11.5 Å². The van der Waals surface area contributed by atoms with Crippen molar-refractivity contribution in [2.45, 2.75) is 6.42 Å². The van der Waals surface area contributed by atoms with Gasteiger partial charge in [-0.25, -0.2) is 5.10 Å². The predicted octanol–water partition coefficient (Wildman–Crippen LogP) is 1.63. The Bertz CT molecular complexity index is 757. The average Bonchev–Trinajstić information content (AvgIpc) is 2.67. The van der Waals surface area contributed by atoms with Gasteiger partial charge in [0, 0.05) is 38.8 Å². The van der Waals surface area contributed by atoms with E-state index in [1.54, 1.807) is 4.90 Å². The molecule has 1 fully saturated rings. The highest BCUT2D eigenvalue weighted by Gasteiger charge is 2.22. The number of hydrogen-bond acceptors (Lipinski definition) is 4. The molecule has 0 saturated carbocycles. The molecule has 1 aliphatic rings. The molecule has 1 N–H and O–H groups in total. The normalized spacial score (nSPS) is 15.6. The van der Waals surface area contributed by atoms with Crippen LogP contribution in [0.25, 0.3) is 6.08 Å². The molecular formula is C19H22N4O2. The van der Waals surface area contributed by atoms with Crippen molar-refractivity contribution in [3.63, 3.8) is 0 Å². The minimum atomic E-state index is -0.301. The first-order valence-electron chi connectivity index (χ1n) is 8.51. The summed E-state index contributed by atoms with van der Waals surface area (Å²) in [5, 5.41) is 6.12. The number of H-pyrrole nitrogens is 1. The molecule has 0 unspecified atom stereocenters. The summed E-state index contributed by atoms with van der Waals surface area (Å²) in [7, 11) is 0. The number of carbonyl (C=O) groups excluding carboxylic acids is 1. The van der Waals surface area contributed by atoms with Gasteiger partial charge in [-0.15, -0.1) is 0 Å². The maximum Gasteiger partial charge on any atom is 0.274 e. The number of amides is 1. The fraction of sp³-hybridized carbons (Fsp3) is 0.316. The zero-order chi connectivity index (χ0) is 17.5. The van der Waals surface area contributed by atoms with E-state index in [1.165, 1.54) is 17.7 Å². The lowest BCUT2D eigenvalue weighted by atomic mass is 10.2. The Balaban J connectivity index is 1.42. The molecule has 2 heterocycles. The van der Waals surface area contributed by atoms with Crippen LogP contribution in [-0.2, 0) is 0 Å². The van der Waals surface area contributed by atoms with Gasteiger partial charge >= 0.3 is 0 Å². The van der Waals surface area contributed by atoms with Crippen LogP contribution in [0, 0.1) is 0 Å². The molecule has 0 aliphatic carbocycles. The van der Waals surface area contributed by atoms with E-state index in [0.717, 1.165) is 26.1 Å². The molecule has 0 bridgehead atoms. The van der Waals surface area contributed by atoms with Gasteiger partial charge in [-0.1, -0.05) is 42.5 Å². The summed E-state index contributed by atoms with van der Waals surface area (Å²) in [6.07, 6.45) is 5.32. The van der Waals surface area contributed by atoms with Crippen molar-refractivity contribution in [2.24, 2.45) is 0 Å². The number of nitrogens with zero attached hydrogens (tertiary/aromatic N) is 3. The second-order valence-corrected chi connectivity index (χ2v) is 6.04. The van der Waals surface area contributed by atoms with E-state index >= 15 is 0 Å². The Labute approximate surface area is 146 Å². The lowest BCUT2D eigenvalue weighted by molar-refractivity contribution is 0.0632. The van der Waals surface area contributed by atoms with Crippen molar-refractivity contribution in [2.75, 3.05) is 32.7 Å². The van der Waals surface area contributed by atoms with Crippen LogP contribution in [0.4, 0.5) is 0 Å². The largest absolute Gasteiger partial charge is 0.335 e. The number of benzene rings is 1. The quantitative estimate of drug-likeness (QED) is 0.900. The lowest BCUT2D eigenvalue weighted by Crippen LogP contribution is -2.49. The molecular weight excluding hydrogens is 316 g/mol. The highest BCUT2D eigenvalue weighted by molar-refractivity contribution is 5.92. The van der Waals surface area contributed by atoms with Crippen molar-refractivity contribution in [1.82, 2.24) is 20.0 Å². The Morgan fingerprint density at radius 1 is 1.08 bits per heavy atom. The molecule has 130 valence electrons. The number of carbonyl (C=O) groups is 1. The van der Waals surface area contributed by atoms with E-state index in [9.17, 15) is 9.59 Å². The van der Waals surface area contributed by atoms with E-state index in [1.807, 2.05) is 18.2 Å². The van der Waals surface area contributed by atoms with Gasteiger partial charge in [-0.2, -0.15) is 5.10 Å². The molecule has 0 spiro atoms. The van der Waals surface area contributed by atoms with Crippen LogP contribution in [0.5, 0.6) is 0 Å². The molecule has 6 heteroatoms. The predicted molar refractivity (Wildman–Crippen MR) is 97.3 cm³/mol. The molecule has 1 amide bonds. The summed E-state index contributed by atoms with van der Waals surface area (Å²) in [5.74, 6) is -0.125. The molecule has 1 aromatic heterocycles. The molecule has 2 aromatic rings. The molecule has 0 atom stereocenters. The number of aromatic nitrogens is 2. The van der Waals surface area contributed by atoms with E-state index in [4.69, 9.17) is 0 Å². The van der Waals surface area contributed by atoms with Crippen molar-refractivity contribution in [3.05, 3.63) is 70.2 Å². The van der Waals surface area contributed by atoms with Crippen LogP contribution >= 0.6 is 0 Å². The van der Waals surface area contributed by atoms with E-state index < -0.39 is 0 Å². The average molecular weight is 338 g/mol. The summed E-state index contributed by atoms with van der Waals surface area (Å²) in [6.45, 7) is 4.06. The second-order valence-electron chi connectivity index (χ2n) is 6.04. The first kappa shape index (κ1) is 17.1. The van der Waals surface area contributed by atoms with E-state index in [2.05, 4.69) is 39.4 Å². The van der Waals surface area contributed by atoms with Crippen LogP contribution in [0.15, 0.2) is 53.3 Å². The third-order valence-corrected chi connectivity index (χ3v) is 4.28. The Kier molecular flexibility index (Phi) is 5.74. The van der Waals surface area contributed by atoms with Crippen molar-refractivity contribution >= 4 is 12.0 Å². The summed E-state index contributed by atoms with van der Waals surface area (Å²) in [5.41, 5.74) is 1.20. The Morgan fingerprint density at radius 2 is 1.84 bits per heavy atom.